The number of carbonyl (C=O) groups is 2. The largest absolute Gasteiger partial charge is 0.496 e. The molecule has 3 heterocycles. The van der Waals surface area contributed by atoms with Crippen LogP contribution >= 0.6 is 0 Å². The second-order valence-electron chi connectivity index (χ2n) is 10.1. The molecule has 1 aliphatic heterocycles. The van der Waals surface area contributed by atoms with Crippen molar-refractivity contribution in [2.45, 2.75) is 24.1 Å². The van der Waals surface area contributed by atoms with Gasteiger partial charge in [0.25, 0.3) is 5.91 Å². The highest BCUT2D eigenvalue weighted by Crippen LogP contribution is 2.47. The standard InChI is InChI=1S/C29H24F4N4O6/c1-27(26(34)39)14-42-24-20(27)10-22(37-23(24)15-3-6-18(30)7-4-15)28(40,29(31,32)33)13-35-25(38)16-5-8-19(21(9-16)41-2)17-11-36-43-12-17/h3-12,40H,13-14H2,1-2H3,(H2,34,39)(H,35,38)/t27-,28?/m0/s1. The zero-order valence-electron chi connectivity index (χ0n) is 22.7. The zero-order valence-corrected chi connectivity index (χ0v) is 22.7. The highest BCUT2D eigenvalue weighted by atomic mass is 19.4. The number of aromatic nitrogens is 2. The Balaban J connectivity index is 1.55. The first-order chi connectivity index (χ1) is 20.3. The van der Waals surface area contributed by atoms with Crippen LogP contribution in [0.2, 0.25) is 0 Å². The van der Waals surface area contributed by atoms with E-state index in [9.17, 15) is 32.3 Å². The SMILES string of the molecule is COc1cc(C(=O)NCC(O)(c2cc3c(c(-c4ccc(F)cc4)n2)OC[C@]3(C)C(N)=O)C(F)(F)F)ccc1-c1cnoc1. The first-order valence-electron chi connectivity index (χ1n) is 12.7. The molecule has 43 heavy (non-hydrogen) atoms. The van der Waals surface area contributed by atoms with Crippen LogP contribution in [-0.2, 0) is 15.8 Å². The third-order valence-corrected chi connectivity index (χ3v) is 7.34. The second kappa shape index (κ2) is 10.7. The number of halogens is 4. The zero-order chi connectivity index (χ0) is 31.2. The number of ether oxygens (including phenoxy) is 2. The molecule has 1 unspecified atom stereocenters. The van der Waals surface area contributed by atoms with E-state index in [1.807, 2.05) is 0 Å². The third kappa shape index (κ3) is 5.14. The number of hydrogen-bond acceptors (Lipinski definition) is 8. The van der Waals surface area contributed by atoms with Gasteiger partial charge in [-0.25, -0.2) is 9.37 Å². The fourth-order valence-corrected chi connectivity index (χ4v) is 4.66. The molecule has 0 aliphatic carbocycles. The summed E-state index contributed by atoms with van der Waals surface area (Å²) in [5.74, 6) is -2.27. The molecule has 0 radical (unpaired) electrons. The first kappa shape index (κ1) is 29.5. The number of fused-ring (bicyclic) bond motifs is 1. The van der Waals surface area contributed by atoms with Crippen molar-refractivity contribution < 1.29 is 46.3 Å². The Kier molecular flexibility index (Phi) is 7.34. The van der Waals surface area contributed by atoms with Gasteiger partial charge in [0.15, 0.2) is 0 Å². The minimum absolute atomic E-state index is 0.0368. The topological polar surface area (TPSA) is 150 Å². The van der Waals surface area contributed by atoms with E-state index in [1.54, 1.807) is 0 Å². The Bertz CT molecular complexity index is 1690. The van der Waals surface area contributed by atoms with Crippen LogP contribution in [0.1, 0.15) is 28.5 Å². The number of primary amides is 1. The average Bonchev–Trinajstić information content (AvgIpc) is 3.64. The van der Waals surface area contributed by atoms with Gasteiger partial charge < -0.3 is 30.2 Å². The summed E-state index contributed by atoms with van der Waals surface area (Å²) < 4.78 is 73.2. The van der Waals surface area contributed by atoms with Crippen LogP contribution in [0.3, 0.4) is 0 Å². The molecule has 4 N–H and O–H groups in total. The fourth-order valence-electron chi connectivity index (χ4n) is 4.66. The maximum atomic E-state index is 14.6. The van der Waals surface area contributed by atoms with E-state index in [0.717, 1.165) is 18.2 Å². The lowest BCUT2D eigenvalue weighted by Crippen LogP contribution is -2.51. The Labute approximate surface area is 241 Å². The molecule has 0 saturated heterocycles. The summed E-state index contributed by atoms with van der Waals surface area (Å²) in [5.41, 5.74) is 0.261. The number of rotatable bonds is 8. The van der Waals surface area contributed by atoms with Crippen molar-refractivity contribution >= 4 is 11.8 Å². The van der Waals surface area contributed by atoms with Crippen molar-refractivity contribution in [3.63, 3.8) is 0 Å². The molecule has 2 amide bonds. The number of pyridine rings is 1. The number of alkyl halides is 3. The number of nitrogens with zero attached hydrogens (tertiary/aromatic N) is 2. The summed E-state index contributed by atoms with van der Waals surface area (Å²) in [5, 5.41) is 16.9. The van der Waals surface area contributed by atoms with Gasteiger partial charge in [-0.1, -0.05) is 5.16 Å². The number of aliphatic hydroxyl groups is 1. The first-order valence-corrected chi connectivity index (χ1v) is 12.7. The number of methoxy groups -OCH3 is 1. The predicted molar refractivity (Wildman–Crippen MR) is 142 cm³/mol. The van der Waals surface area contributed by atoms with Gasteiger partial charge in [0.1, 0.15) is 41.3 Å². The molecule has 224 valence electrons. The number of benzene rings is 2. The van der Waals surface area contributed by atoms with Gasteiger partial charge in [-0.05, 0) is 55.5 Å². The molecule has 2 aromatic carbocycles. The molecular formula is C29H24F4N4O6. The van der Waals surface area contributed by atoms with Gasteiger partial charge in [0.05, 0.1) is 25.5 Å². The third-order valence-electron chi connectivity index (χ3n) is 7.34. The number of nitrogens with one attached hydrogen (secondary N) is 1. The summed E-state index contributed by atoms with van der Waals surface area (Å²) in [6.07, 6.45) is -2.60. The number of carbonyl (C=O) groups excluding carboxylic acids is 2. The molecule has 0 spiro atoms. The molecular weight excluding hydrogens is 576 g/mol. The van der Waals surface area contributed by atoms with Crippen LogP contribution < -0.4 is 20.5 Å². The maximum Gasteiger partial charge on any atom is 0.424 e. The Hall–Kier alpha value is -4.98. The van der Waals surface area contributed by atoms with Crippen molar-refractivity contribution in [3.8, 4) is 33.9 Å². The van der Waals surface area contributed by atoms with Crippen molar-refractivity contribution in [2.24, 2.45) is 5.73 Å². The lowest BCUT2D eigenvalue weighted by Gasteiger charge is -2.31. The van der Waals surface area contributed by atoms with Crippen molar-refractivity contribution in [1.82, 2.24) is 15.5 Å². The van der Waals surface area contributed by atoms with Gasteiger partial charge in [0, 0.05) is 27.8 Å². The Morgan fingerprint density at radius 2 is 1.86 bits per heavy atom. The number of hydrogen-bond donors (Lipinski definition) is 3. The van der Waals surface area contributed by atoms with E-state index in [-0.39, 0.29) is 40.5 Å². The van der Waals surface area contributed by atoms with Crippen LogP contribution in [0.4, 0.5) is 17.6 Å². The second-order valence-corrected chi connectivity index (χ2v) is 10.1. The van der Waals surface area contributed by atoms with E-state index < -0.39 is 47.1 Å². The van der Waals surface area contributed by atoms with Gasteiger partial charge in [-0.15, -0.1) is 0 Å². The van der Waals surface area contributed by atoms with Gasteiger partial charge in [0.2, 0.25) is 11.5 Å². The number of amides is 2. The quantitative estimate of drug-likeness (QED) is 0.258. The highest BCUT2D eigenvalue weighted by Gasteiger charge is 2.57. The van der Waals surface area contributed by atoms with Crippen LogP contribution in [0, 0.1) is 5.82 Å². The lowest BCUT2D eigenvalue weighted by molar-refractivity contribution is -0.265. The fraction of sp³-hybridized carbons (Fsp3) is 0.241. The molecule has 1 aliphatic rings. The summed E-state index contributed by atoms with van der Waals surface area (Å²) in [6.45, 7) is -0.275. The van der Waals surface area contributed by atoms with Crippen molar-refractivity contribution in [2.75, 3.05) is 20.3 Å². The average molecular weight is 601 g/mol. The molecule has 0 saturated carbocycles. The summed E-state index contributed by atoms with van der Waals surface area (Å²) in [6, 6.07) is 9.69. The van der Waals surface area contributed by atoms with E-state index in [4.69, 9.17) is 19.7 Å². The monoisotopic (exact) mass is 600 g/mol. The highest BCUT2D eigenvalue weighted by molar-refractivity contribution is 5.95. The molecule has 10 nitrogen and oxygen atoms in total. The Morgan fingerprint density at radius 3 is 2.47 bits per heavy atom. The Morgan fingerprint density at radius 1 is 1.14 bits per heavy atom. The normalized spacial score (nSPS) is 17.5. The van der Waals surface area contributed by atoms with Crippen molar-refractivity contribution in [1.29, 1.82) is 0 Å². The van der Waals surface area contributed by atoms with Crippen LogP contribution in [0.5, 0.6) is 11.5 Å². The van der Waals surface area contributed by atoms with Crippen molar-refractivity contribution in [3.05, 3.63) is 83.6 Å². The van der Waals surface area contributed by atoms with E-state index in [1.165, 1.54) is 56.8 Å². The molecule has 0 fully saturated rings. The van der Waals surface area contributed by atoms with Crippen LogP contribution in [-0.4, -0.2) is 53.5 Å². The molecule has 5 rings (SSSR count). The predicted octanol–water partition coefficient (Wildman–Crippen LogP) is 3.87. The minimum atomic E-state index is -5.36. The lowest BCUT2D eigenvalue weighted by atomic mass is 9.81. The summed E-state index contributed by atoms with van der Waals surface area (Å²) in [7, 11) is 1.35. The van der Waals surface area contributed by atoms with E-state index >= 15 is 0 Å². The summed E-state index contributed by atoms with van der Waals surface area (Å²) >= 11 is 0. The van der Waals surface area contributed by atoms with Crippen LogP contribution in [0.25, 0.3) is 22.4 Å². The molecule has 2 atom stereocenters. The molecule has 0 bridgehead atoms. The van der Waals surface area contributed by atoms with Gasteiger partial charge in [-0.2, -0.15) is 13.2 Å². The number of nitrogens with two attached hydrogens (primary N) is 1. The smallest absolute Gasteiger partial charge is 0.424 e. The molecule has 2 aromatic heterocycles. The summed E-state index contributed by atoms with van der Waals surface area (Å²) in [4.78, 5) is 29.4. The van der Waals surface area contributed by atoms with E-state index in [2.05, 4.69) is 15.5 Å². The molecule has 4 aromatic rings. The van der Waals surface area contributed by atoms with Crippen LogP contribution in [0.15, 0.2) is 65.5 Å². The minimum Gasteiger partial charge on any atom is -0.496 e. The van der Waals surface area contributed by atoms with E-state index in [0.29, 0.717) is 11.1 Å². The van der Waals surface area contributed by atoms with Gasteiger partial charge in [-0.3, -0.25) is 9.59 Å². The van der Waals surface area contributed by atoms with Gasteiger partial charge >= 0.3 is 6.18 Å². The maximum absolute atomic E-state index is 14.6. The molecule has 14 heteroatoms.